The maximum Gasteiger partial charge on any atom is 0.126 e. The summed E-state index contributed by atoms with van der Waals surface area (Å²) < 4.78 is 5.73. The van der Waals surface area contributed by atoms with E-state index in [2.05, 4.69) is 39.8 Å². The van der Waals surface area contributed by atoms with Crippen LogP contribution in [0, 0.1) is 0 Å². The average molecular weight is 204 g/mol. The van der Waals surface area contributed by atoms with Crippen LogP contribution in [0.3, 0.4) is 0 Å². The molecular weight excluding hydrogens is 184 g/mol. The van der Waals surface area contributed by atoms with Crippen LogP contribution in [0.1, 0.15) is 56.2 Å². The molecule has 0 amide bonds. The number of hydrogen-bond donors (Lipinski definition) is 0. The van der Waals surface area contributed by atoms with Crippen LogP contribution in [0.4, 0.5) is 0 Å². The van der Waals surface area contributed by atoms with Gasteiger partial charge in [-0.2, -0.15) is 0 Å². The zero-order valence-corrected chi connectivity index (χ0v) is 10.1. The van der Waals surface area contributed by atoms with Gasteiger partial charge in [0.15, 0.2) is 0 Å². The Balaban J connectivity index is 2.52. The molecule has 0 fully saturated rings. The molecule has 0 bridgehead atoms. The van der Waals surface area contributed by atoms with Crippen molar-refractivity contribution in [2.24, 2.45) is 0 Å². The Bertz CT molecular complexity index is 364. The molecule has 1 heterocycles. The van der Waals surface area contributed by atoms with E-state index in [-0.39, 0.29) is 0 Å². The standard InChI is InChI=1S/C14H20O/c1-9(2)12-7-11-5-6-15-14(11)13(8-12)10(3)4/h7-10H,5-6H2,1-4H3. The monoisotopic (exact) mass is 204 g/mol. The minimum atomic E-state index is 0.551. The van der Waals surface area contributed by atoms with E-state index in [4.69, 9.17) is 4.74 Å². The molecule has 0 saturated heterocycles. The second-order valence-corrected chi connectivity index (χ2v) is 5.01. The Morgan fingerprint density at radius 3 is 2.40 bits per heavy atom. The van der Waals surface area contributed by atoms with Crippen LogP contribution in [0.2, 0.25) is 0 Å². The van der Waals surface area contributed by atoms with Crippen LogP contribution in [-0.2, 0) is 6.42 Å². The molecule has 0 radical (unpaired) electrons. The van der Waals surface area contributed by atoms with Gasteiger partial charge in [-0.25, -0.2) is 0 Å². The summed E-state index contributed by atoms with van der Waals surface area (Å²) in [6.45, 7) is 9.84. The summed E-state index contributed by atoms with van der Waals surface area (Å²) in [5.74, 6) is 2.32. The molecule has 0 saturated carbocycles. The molecule has 0 N–H and O–H groups in total. The van der Waals surface area contributed by atoms with E-state index in [0.29, 0.717) is 11.8 Å². The summed E-state index contributed by atoms with van der Waals surface area (Å²) >= 11 is 0. The molecule has 15 heavy (non-hydrogen) atoms. The molecule has 0 unspecified atom stereocenters. The molecule has 1 aliphatic heterocycles. The topological polar surface area (TPSA) is 9.23 Å². The van der Waals surface area contributed by atoms with Gasteiger partial charge in [-0.15, -0.1) is 0 Å². The largest absolute Gasteiger partial charge is 0.493 e. The number of hydrogen-bond acceptors (Lipinski definition) is 1. The van der Waals surface area contributed by atoms with Crippen LogP contribution in [0.15, 0.2) is 12.1 Å². The summed E-state index contributed by atoms with van der Waals surface area (Å²) in [5.41, 5.74) is 4.24. The maximum absolute atomic E-state index is 5.73. The SMILES string of the molecule is CC(C)c1cc2c(c(C(C)C)c1)OCC2. The van der Waals surface area contributed by atoms with Crippen LogP contribution in [0.25, 0.3) is 0 Å². The smallest absolute Gasteiger partial charge is 0.126 e. The highest BCUT2D eigenvalue weighted by Gasteiger charge is 2.20. The lowest BCUT2D eigenvalue weighted by Gasteiger charge is -2.15. The van der Waals surface area contributed by atoms with Crippen LogP contribution in [-0.4, -0.2) is 6.61 Å². The van der Waals surface area contributed by atoms with Crippen molar-refractivity contribution in [1.82, 2.24) is 0 Å². The predicted molar refractivity (Wildman–Crippen MR) is 63.8 cm³/mol. The third-order valence-electron chi connectivity index (χ3n) is 3.12. The highest BCUT2D eigenvalue weighted by Crippen LogP contribution is 2.37. The fourth-order valence-corrected chi connectivity index (χ4v) is 2.13. The molecule has 1 aromatic rings. The second-order valence-electron chi connectivity index (χ2n) is 5.01. The van der Waals surface area contributed by atoms with Crippen molar-refractivity contribution < 1.29 is 4.74 Å². The molecule has 2 rings (SSSR count). The molecule has 1 aliphatic rings. The van der Waals surface area contributed by atoms with Gasteiger partial charge in [0.2, 0.25) is 0 Å². The van der Waals surface area contributed by atoms with Crippen LogP contribution < -0.4 is 4.74 Å². The normalized spacial score (nSPS) is 14.5. The highest BCUT2D eigenvalue weighted by atomic mass is 16.5. The minimum absolute atomic E-state index is 0.551. The number of ether oxygens (including phenoxy) is 1. The Hall–Kier alpha value is -0.980. The van der Waals surface area contributed by atoms with Gasteiger partial charge in [0, 0.05) is 6.42 Å². The van der Waals surface area contributed by atoms with Crippen molar-refractivity contribution in [1.29, 1.82) is 0 Å². The minimum Gasteiger partial charge on any atom is -0.493 e. The van der Waals surface area contributed by atoms with Crippen molar-refractivity contribution in [3.05, 3.63) is 28.8 Å². The first kappa shape index (κ1) is 10.5. The van der Waals surface area contributed by atoms with Gasteiger partial charge in [-0.05, 0) is 28.5 Å². The predicted octanol–water partition coefficient (Wildman–Crippen LogP) is 3.87. The van der Waals surface area contributed by atoms with E-state index < -0.39 is 0 Å². The van der Waals surface area contributed by atoms with E-state index in [1.807, 2.05) is 0 Å². The molecule has 0 spiro atoms. The first-order valence-corrected chi connectivity index (χ1v) is 5.89. The van der Waals surface area contributed by atoms with Crippen LogP contribution >= 0.6 is 0 Å². The highest BCUT2D eigenvalue weighted by molar-refractivity contribution is 5.49. The van der Waals surface area contributed by atoms with Crippen molar-refractivity contribution in [2.45, 2.75) is 46.0 Å². The zero-order valence-electron chi connectivity index (χ0n) is 10.1. The van der Waals surface area contributed by atoms with Gasteiger partial charge >= 0.3 is 0 Å². The van der Waals surface area contributed by atoms with Crippen molar-refractivity contribution in [3.8, 4) is 5.75 Å². The lowest BCUT2D eigenvalue weighted by atomic mass is 9.92. The summed E-state index contributed by atoms with van der Waals surface area (Å²) in [5, 5.41) is 0. The Kier molecular flexibility index (Phi) is 2.72. The summed E-state index contributed by atoms with van der Waals surface area (Å²) in [6, 6.07) is 4.64. The van der Waals surface area contributed by atoms with E-state index in [1.54, 1.807) is 0 Å². The lowest BCUT2D eigenvalue weighted by Crippen LogP contribution is -1.97. The van der Waals surface area contributed by atoms with Gasteiger partial charge in [0.1, 0.15) is 5.75 Å². The molecule has 82 valence electrons. The second kappa shape index (κ2) is 3.88. The third kappa shape index (κ3) is 1.88. The maximum atomic E-state index is 5.73. The third-order valence-corrected chi connectivity index (χ3v) is 3.12. The quantitative estimate of drug-likeness (QED) is 0.710. The first-order valence-electron chi connectivity index (χ1n) is 5.89. The number of rotatable bonds is 2. The van der Waals surface area contributed by atoms with Gasteiger partial charge < -0.3 is 4.74 Å². The first-order chi connectivity index (χ1) is 7.09. The molecular formula is C14H20O. The van der Waals surface area contributed by atoms with Gasteiger partial charge in [-0.1, -0.05) is 39.8 Å². The fraction of sp³-hybridized carbons (Fsp3) is 0.571. The molecule has 0 aliphatic carbocycles. The van der Waals surface area contributed by atoms with E-state index >= 15 is 0 Å². The van der Waals surface area contributed by atoms with E-state index in [9.17, 15) is 0 Å². The van der Waals surface area contributed by atoms with Gasteiger partial charge in [0.05, 0.1) is 6.61 Å². The molecule has 1 nitrogen and oxygen atoms in total. The Morgan fingerprint density at radius 1 is 1.07 bits per heavy atom. The van der Waals surface area contributed by atoms with Gasteiger partial charge in [0.25, 0.3) is 0 Å². The molecule has 0 atom stereocenters. The van der Waals surface area contributed by atoms with E-state index in [1.165, 1.54) is 16.7 Å². The Morgan fingerprint density at radius 2 is 1.80 bits per heavy atom. The van der Waals surface area contributed by atoms with E-state index in [0.717, 1.165) is 18.8 Å². The van der Waals surface area contributed by atoms with Crippen molar-refractivity contribution in [3.63, 3.8) is 0 Å². The number of fused-ring (bicyclic) bond motifs is 1. The molecule has 1 aromatic carbocycles. The molecule has 1 heteroatoms. The lowest BCUT2D eigenvalue weighted by molar-refractivity contribution is 0.352. The molecule has 0 aromatic heterocycles. The fourth-order valence-electron chi connectivity index (χ4n) is 2.13. The number of benzene rings is 1. The zero-order chi connectivity index (χ0) is 11.0. The van der Waals surface area contributed by atoms with Gasteiger partial charge in [-0.3, -0.25) is 0 Å². The summed E-state index contributed by atoms with van der Waals surface area (Å²) in [6.07, 6.45) is 1.08. The van der Waals surface area contributed by atoms with Crippen molar-refractivity contribution >= 4 is 0 Å². The van der Waals surface area contributed by atoms with Crippen molar-refractivity contribution in [2.75, 3.05) is 6.61 Å². The summed E-state index contributed by atoms with van der Waals surface area (Å²) in [7, 11) is 0. The Labute approximate surface area is 92.5 Å². The summed E-state index contributed by atoms with van der Waals surface area (Å²) in [4.78, 5) is 0. The average Bonchev–Trinajstić information content (AvgIpc) is 2.62. The van der Waals surface area contributed by atoms with Crippen LogP contribution in [0.5, 0.6) is 5.75 Å².